The van der Waals surface area contributed by atoms with Gasteiger partial charge in [-0.2, -0.15) is 4.31 Å². The first-order valence-electron chi connectivity index (χ1n) is 7.40. The lowest BCUT2D eigenvalue weighted by molar-refractivity contribution is -0.111. The zero-order chi connectivity index (χ0) is 18.6. The van der Waals surface area contributed by atoms with Crippen LogP contribution in [-0.4, -0.2) is 31.9 Å². The molecule has 1 heterocycles. The summed E-state index contributed by atoms with van der Waals surface area (Å²) in [6.07, 6.45) is 3.99. The fourth-order valence-corrected chi connectivity index (χ4v) is 2.59. The molecule has 0 bridgehead atoms. The summed E-state index contributed by atoms with van der Waals surface area (Å²) in [6, 6.07) is 8.53. The Balaban J connectivity index is 1.98. The van der Waals surface area contributed by atoms with Gasteiger partial charge in [-0.25, -0.2) is 8.42 Å². The van der Waals surface area contributed by atoms with E-state index in [1.807, 2.05) is 6.92 Å². The topological polar surface area (TPSA) is 79.6 Å². The molecule has 0 saturated carbocycles. The van der Waals surface area contributed by atoms with Crippen LogP contribution in [0.1, 0.15) is 17.1 Å². The number of amides is 1. The van der Waals surface area contributed by atoms with Crippen molar-refractivity contribution in [2.75, 3.05) is 18.6 Å². The molecule has 0 spiro atoms. The predicted molar refractivity (Wildman–Crippen MR) is 98.9 cm³/mol. The van der Waals surface area contributed by atoms with Crippen molar-refractivity contribution in [2.24, 2.45) is 0 Å². The fourth-order valence-electron chi connectivity index (χ4n) is 2.01. The molecule has 134 valence electrons. The van der Waals surface area contributed by atoms with Crippen molar-refractivity contribution < 1.29 is 17.6 Å². The summed E-state index contributed by atoms with van der Waals surface area (Å²) in [5.74, 6) is 0.637. The third-order valence-electron chi connectivity index (χ3n) is 3.47. The van der Waals surface area contributed by atoms with Crippen LogP contribution in [0.15, 0.2) is 40.8 Å². The van der Waals surface area contributed by atoms with Crippen LogP contribution in [0.4, 0.5) is 5.69 Å². The lowest BCUT2D eigenvalue weighted by Crippen LogP contribution is -2.24. The monoisotopic (exact) mass is 382 g/mol. The second-order valence-electron chi connectivity index (χ2n) is 5.60. The van der Waals surface area contributed by atoms with Gasteiger partial charge in [-0.3, -0.25) is 4.79 Å². The van der Waals surface area contributed by atoms with E-state index < -0.39 is 10.0 Å². The minimum Gasteiger partial charge on any atom is -0.460 e. The van der Waals surface area contributed by atoms with Gasteiger partial charge in [0.1, 0.15) is 11.5 Å². The van der Waals surface area contributed by atoms with E-state index in [2.05, 4.69) is 5.32 Å². The van der Waals surface area contributed by atoms with Crippen molar-refractivity contribution in [3.63, 3.8) is 0 Å². The number of benzene rings is 1. The number of hydrogen-bond acceptors (Lipinski definition) is 4. The van der Waals surface area contributed by atoms with Crippen molar-refractivity contribution in [2.45, 2.75) is 13.5 Å². The van der Waals surface area contributed by atoms with Crippen LogP contribution in [0.2, 0.25) is 5.02 Å². The van der Waals surface area contributed by atoms with Gasteiger partial charge in [0.05, 0.1) is 12.8 Å². The van der Waals surface area contributed by atoms with Crippen LogP contribution in [-0.2, 0) is 21.4 Å². The van der Waals surface area contributed by atoms with Gasteiger partial charge in [0, 0.05) is 23.8 Å². The molecule has 2 aromatic rings. The largest absolute Gasteiger partial charge is 0.460 e. The lowest BCUT2D eigenvalue weighted by atomic mass is 10.2. The van der Waals surface area contributed by atoms with E-state index in [1.54, 1.807) is 30.3 Å². The SMILES string of the molecule is Cc1cc(Cl)ccc1NC(=O)/C=C/c1ccc(CN(C)S(C)(=O)=O)o1. The van der Waals surface area contributed by atoms with Crippen LogP contribution in [0.3, 0.4) is 0 Å². The molecule has 0 aliphatic carbocycles. The average molecular weight is 383 g/mol. The summed E-state index contributed by atoms with van der Waals surface area (Å²) in [5.41, 5.74) is 1.53. The zero-order valence-corrected chi connectivity index (χ0v) is 15.7. The van der Waals surface area contributed by atoms with Crippen LogP contribution < -0.4 is 5.32 Å². The van der Waals surface area contributed by atoms with Crippen LogP contribution in [0, 0.1) is 6.92 Å². The zero-order valence-electron chi connectivity index (χ0n) is 14.1. The molecule has 1 aromatic carbocycles. The molecular weight excluding hydrogens is 364 g/mol. The van der Waals surface area contributed by atoms with Crippen molar-refractivity contribution in [1.29, 1.82) is 0 Å². The van der Waals surface area contributed by atoms with Crippen molar-refractivity contribution in [3.05, 3.63) is 58.5 Å². The van der Waals surface area contributed by atoms with E-state index >= 15 is 0 Å². The first-order chi connectivity index (χ1) is 11.6. The number of nitrogens with zero attached hydrogens (tertiary/aromatic N) is 1. The molecule has 8 heteroatoms. The van der Waals surface area contributed by atoms with Crippen LogP contribution >= 0.6 is 11.6 Å². The quantitative estimate of drug-likeness (QED) is 0.777. The number of carbonyl (C=O) groups excluding carboxylic acids is 1. The summed E-state index contributed by atoms with van der Waals surface area (Å²) in [7, 11) is -1.81. The van der Waals surface area contributed by atoms with Gasteiger partial charge in [0.15, 0.2) is 0 Å². The number of furan rings is 1. The Hall–Kier alpha value is -2.09. The van der Waals surface area contributed by atoms with Gasteiger partial charge in [-0.1, -0.05) is 11.6 Å². The Morgan fingerprint density at radius 3 is 2.68 bits per heavy atom. The Bertz CT molecular complexity index is 903. The van der Waals surface area contributed by atoms with E-state index in [9.17, 15) is 13.2 Å². The van der Waals surface area contributed by atoms with Gasteiger partial charge in [-0.15, -0.1) is 0 Å². The normalized spacial score (nSPS) is 12.0. The summed E-state index contributed by atoms with van der Waals surface area (Å²) in [5, 5.41) is 3.36. The number of sulfonamides is 1. The first kappa shape index (κ1) is 19.2. The minimum absolute atomic E-state index is 0.128. The van der Waals surface area contributed by atoms with Gasteiger partial charge in [0.2, 0.25) is 15.9 Å². The molecule has 0 unspecified atom stereocenters. The highest BCUT2D eigenvalue weighted by atomic mass is 35.5. The maximum atomic E-state index is 12.0. The number of nitrogens with one attached hydrogen (secondary N) is 1. The van der Waals surface area contributed by atoms with Crippen molar-refractivity contribution >= 4 is 39.3 Å². The molecule has 1 amide bonds. The Labute approximate surface area is 152 Å². The Kier molecular flexibility index (Phi) is 6.05. The highest BCUT2D eigenvalue weighted by Crippen LogP contribution is 2.19. The summed E-state index contributed by atoms with van der Waals surface area (Å²) in [4.78, 5) is 12.0. The van der Waals surface area contributed by atoms with Crippen LogP contribution in [0.5, 0.6) is 0 Å². The molecule has 0 saturated heterocycles. The summed E-state index contributed by atoms with van der Waals surface area (Å²) >= 11 is 5.88. The highest BCUT2D eigenvalue weighted by molar-refractivity contribution is 7.88. The minimum atomic E-state index is -3.28. The molecule has 1 aromatic heterocycles. The fraction of sp³-hybridized carbons (Fsp3) is 0.235. The molecule has 0 atom stereocenters. The lowest BCUT2D eigenvalue weighted by Gasteiger charge is -2.11. The molecular formula is C17H19ClN2O4S. The summed E-state index contributed by atoms with van der Waals surface area (Å²) < 4.78 is 29.5. The molecule has 0 aliphatic rings. The van der Waals surface area contributed by atoms with Gasteiger partial charge in [0.25, 0.3) is 0 Å². The Morgan fingerprint density at radius 2 is 2.04 bits per heavy atom. The van der Waals surface area contributed by atoms with E-state index in [1.165, 1.54) is 23.5 Å². The molecule has 2 rings (SSSR count). The number of carbonyl (C=O) groups is 1. The van der Waals surface area contributed by atoms with E-state index in [0.29, 0.717) is 22.2 Å². The highest BCUT2D eigenvalue weighted by Gasteiger charge is 2.13. The number of rotatable bonds is 6. The van der Waals surface area contributed by atoms with E-state index in [0.717, 1.165) is 11.8 Å². The third kappa shape index (κ3) is 5.74. The average Bonchev–Trinajstić information content (AvgIpc) is 2.95. The molecule has 0 radical (unpaired) electrons. The summed E-state index contributed by atoms with van der Waals surface area (Å²) in [6.45, 7) is 1.98. The van der Waals surface area contributed by atoms with Gasteiger partial charge < -0.3 is 9.73 Å². The third-order valence-corrected chi connectivity index (χ3v) is 4.97. The second-order valence-corrected chi connectivity index (χ2v) is 8.13. The molecule has 1 N–H and O–H groups in total. The molecule has 0 aliphatic heterocycles. The van der Waals surface area contributed by atoms with E-state index in [-0.39, 0.29) is 12.5 Å². The van der Waals surface area contributed by atoms with Gasteiger partial charge in [-0.05, 0) is 48.9 Å². The number of halogens is 1. The predicted octanol–water partition coefficient (Wildman–Crippen LogP) is 3.28. The van der Waals surface area contributed by atoms with E-state index in [4.69, 9.17) is 16.0 Å². The maximum Gasteiger partial charge on any atom is 0.248 e. The molecule has 25 heavy (non-hydrogen) atoms. The standard InChI is InChI=1S/C17H19ClN2O4S/c1-12-10-13(18)4-8-16(12)19-17(21)9-7-14-5-6-15(24-14)11-20(2)25(3,22)23/h4-10H,11H2,1-3H3,(H,19,21)/b9-7+. The molecule has 0 fully saturated rings. The maximum absolute atomic E-state index is 12.0. The van der Waals surface area contributed by atoms with Gasteiger partial charge >= 0.3 is 0 Å². The first-order valence-corrected chi connectivity index (χ1v) is 9.63. The van der Waals surface area contributed by atoms with Crippen molar-refractivity contribution in [3.8, 4) is 0 Å². The number of aryl methyl sites for hydroxylation is 1. The number of anilines is 1. The smallest absolute Gasteiger partial charge is 0.248 e. The second kappa shape index (κ2) is 7.86. The van der Waals surface area contributed by atoms with Crippen LogP contribution in [0.25, 0.3) is 6.08 Å². The Morgan fingerprint density at radius 1 is 1.32 bits per heavy atom. The number of hydrogen-bond donors (Lipinski definition) is 1. The van der Waals surface area contributed by atoms with Crippen molar-refractivity contribution in [1.82, 2.24) is 4.31 Å². The molecule has 6 nitrogen and oxygen atoms in total.